The summed E-state index contributed by atoms with van der Waals surface area (Å²) in [5, 5.41) is 0.262. The van der Waals surface area contributed by atoms with Crippen molar-refractivity contribution in [3.05, 3.63) is 0 Å². The van der Waals surface area contributed by atoms with Crippen molar-refractivity contribution in [3.8, 4) is 0 Å². The summed E-state index contributed by atoms with van der Waals surface area (Å²) in [4.78, 5) is 0. The number of hydrogen-bond acceptors (Lipinski definition) is 2. The molecule has 0 spiro atoms. The van der Waals surface area contributed by atoms with Crippen molar-refractivity contribution in [1.82, 2.24) is 0 Å². The smallest absolute Gasteiger partial charge is 0.159 e. The van der Waals surface area contributed by atoms with Crippen LogP contribution in [0.4, 0.5) is 0 Å². The number of fused-ring (bicyclic) bond motifs is 5. The topological polar surface area (TPSA) is 34.1 Å². The van der Waals surface area contributed by atoms with E-state index in [-0.39, 0.29) is 10.5 Å². The van der Waals surface area contributed by atoms with Crippen molar-refractivity contribution in [3.63, 3.8) is 0 Å². The van der Waals surface area contributed by atoms with Crippen LogP contribution in [0.1, 0.15) is 19.3 Å². The van der Waals surface area contributed by atoms with Crippen LogP contribution >= 0.6 is 0 Å². The Hall–Kier alpha value is -0.0500. The van der Waals surface area contributed by atoms with E-state index in [4.69, 9.17) is 0 Å². The van der Waals surface area contributed by atoms with Crippen LogP contribution in [0.25, 0.3) is 0 Å². The average molecular weight is 158 g/mol. The highest BCUT2D eigenvalue weighted by Gasteiger charge is 2.70. The van der Waals surface area contributed by atoms with Crippen LogP contribution < -0.4 is 0 Å². The summed E-state index contributed by atoms with van der Waals surface area (Å²) < 4.78 is 22.3. The lowest BCUT2D eigenvalue weighted by Crippen LogP contribution is -2.04. The van der Waals surface area contributed by atoms with Gasteiger partial charge in [-0.1, -0.05) is 0 Å². The molecule has 10 heavy (non-hydrogen) atoms. The first-order valence-corrected chi connectivity index (χ1v) is 5.55. The molecule has 2 aliphatic carbocycles. The molecule has 56 valence electrons. The second-order valence-corrected chi connectivity index (χ2v) is 6.12. The van der Waals surface area contributed by atoms with Gasteiger partial charge in [-0.3, -0.25) is 0 Å². The van der Waals surface area contributed by atoms with Gasteiger partial charge in [0.2, 0.25) is 0 Å². The first-order chi connectivity index (χ1) is 4.71. The maximum atomic E-state index is 11.1. The van der Waals surface area contributed by atoms with Gasteiger partial charge in [0, 0.05) is 0 Å². The molecule has 0 radical (unpaired) electrons. The van der Waals surface area contributed by atoms with E-state index in [1.54, 1.807) is 0 Å². The Balaban J connectivity index is 2.12. The molecule has 0 amide bonds. The molecule has 1 heterocycles. The Morgan fingerprint density at radius 1 is 1.00 bits per heavy atom. The first-order valence-electron chi connectivity index (χ1n) is 3.94. The van der Waals surface area contributed by atoms with Crippen LogP contribution in [0.15, 0.2) is 0 Å². The molecule has 2 saturated carbocycles. The van der Waals surface area contributed by atoms with E-state index in [9.17, 15) is 8.42 Å². The Labute approximate surface area is 60.5 Å². The van der Waals surface area contributed by atoms with Gasteiger partial charge in [0.05, 0.1) is 10.5 Å². The number of hydrogen-bond donors (Lipinski definition) is 0. The van der Waals surface area contributed by atoms with E-state index in [2.05, 4.69) is 0 Å². The van der Waals surface area contributed by atoms with E-state index >= 15 is 0 Å². The molecule has 3 fully saturated rings. The van der Waals surface area contributed by atoms with Crippen LogP contribution in [-0.4, -0.2) is 18.9 Å². The minimum Gasteiger partial charge on any atom is -0.228 e. The van der Waals surface area contributed by atoms with Gasteiger partial charge in [-0.2, -0.15) is 0 Å². The van der Waals surface area contributed by atoms with Crippen LogP contribution in [0, 0.1) is 11.8 Å². The van der Waals surface area contributed by atoms with Crippen molar-refractivity contribution in [2.75, 3.05) is 0 Å². The lowest BCUT2D eigenvalue weighted by Gasteiger charge is -2.00. The zero-order valence-corrected chi connectivity index (χ0v) is 6.47. The summed E-state index contributed by atoms with van der Waals surface area (Å²) in [7, 11) is -2.54. The fraction of sp³-hybridized carbons (Fsp3) is 1.00. The largest absolute Gasteiger partial charge is 0.228 e. The minimum atomic E-state index is -2.54. The molecule has 3 aliphatic rings. The molecule has 1 aliphatic heterocycles. The fourth-order valence-electron chi connectivity index (χ4n) is 3.03. The standard InChI is InChI=1S/C7H10O2S/c8-10(9)6-4-1-2-5(3-4)7(6)10/h4-7H,1-3H2. The van der Waals surface area contributed by atoms with Crippen LogP contribution in [0.3, 0.4) is 0 Å². The summed E-state index contributed by atoms with van der Waals surface area (Å²) >= 11 is 0. The van der Waals surface area contributed by atoms with Crippen molar-refractivity contribution < 1.29 is 8.42 Å². The van der Waals surface area contributed by atoms with Crippen molar-refractivity contribution >= 4 is 9.84 Å². The number of rotatable bonds is 0. The highest BCUT2D eigenvalue weighted by molar-refractivity contribution is 8.00. The molecular formula is C7H10O2S. The van der Waals surface area contributed by atoms with Crippen LogP contribution in [0.5, 0.6) is 0 Å². The zero-order chi connectivity index (χ0) is 6.93. The molecule has 3 heteroatoms. The summed E-state index contributed by atoms with van der Waals surface area (Å²) in [6, 6.07) is 0. The molecule has 0 aromatic rings. The maximum absolute atomic E-state index is 11.1. The molecule has 1 saturated heterocycles. The van der Waals surface area contributed by atoms with Gasteiger partial charge >= 0.3 is 0 Å². The molecule has 0 aromatic heterocycles. The Morgan fingerprint density at radius 3 is 1.90 bits per heavy atom. The second kappa shape index (κ2) is 1.29. The van der Waals surface area contributed by atoms with Gasteiger partial charge in [-0.05, 0) is 31.1 Å². The molecule has 3 rings (SSSR count). The quantitative estimate of drug-likeness (QED) is 0.483. The Kier molecular flexibility index (Phi) is 0.719. The highest BCUT2D eigenvalue weighted by Crippen LogP contribution is 2.60. The van der Waals surface area contributed by atoms with E-state index in [1.807, 2.05) is 0 Å². The van der Waals surface area contributed by atoms with E-state index < -0.39 is 9.84 Å². The predicted octanol–water partition coefficient (Wildman–Crippen LogP) is 0.582. The van der Waals surface area contributed by atoms with Crippen molar-refractivity contribution in [2.45, 2.75) is 29.8 Å². The SMILES string of the molecule is O=S1(=O)C2C3CCC(C3)C21. The van der Waals surface area contributed by atoms with Crippen LogP contribution in [0.2, 0.25) is 0 Å². The molecule has 2 nitrogen and oxygen atoms in total. The lowest BCUT2D eigenvalue weighted by molar-refractivity contribution is 0.546. The third kappa shape index (κ3) is 0.401. The molecule has 4 atom stereocenters. The molecule has 0 aromatic carbocycles. The average Bonchev–Trinajstić information content (AvgIpc) is 2.37. The van der Waals surface area contributed by atoms with E-state index in [1.165, 1.54) is 19.3 Å². The molecule has 4 unspecified atom stereocenters. The van der Waals surface area contributed by atoms with Gasteiger partial charge in [-0.25, -0.2) is 8.42 Å². The zero-order valence-electron chi connectivity index (χ0n) is 5.66. The Bertz CT molecular complexity index is 258. The van der Waals surface area contributed by atoms with E-state index in [0.29, 0.717) is 11.8 Å². The summed E-state index contributed by atoms with van der Waals surface area (Å²) in [6.45, 7) is 0. The van der Waals surface area contributed by atoms with Gasteiger partial charge in [0.25, 0.3) is 0 Å². The molecular weight excluding hydrogens is 148 g/mol. The summed E-state index contributed by atoms with van der Waals surface area (Å²) in [5.41, 5.74) is 0. The van der Waals surface area contributed by atoms with E-state index in [0.717, 1.165) is 0 Å². The lowest BCUT2D eigenvalue weighted by atomic mass is 10.0. The number of sulfone groups is 1. The summed E-state index contributed by atoms with van der Waals surface area (Å²) in [6.07, 6.45) is 3.59. The summed E-state index contributed by atoms with van der Waals surface area (Å²) in [5.74, 6) is 1.14. The Morgan fingerprint density at radius 2 is 1.50 bits per heavy atom. The highest BCUT2D eigenvalue weighted by atomic mass is 32.2. The first kappa shape index (κ1) is 5.58. The predicted molar refractivity (Wildman–Crippen MR) is 37.3 cm³/mol. The normalized spacial score (nSPS) is 60.4. The minimum absolute atomic E-state index is 0.131. The van der Waals surface area contributed by atoms with Gasteiger partial charge in [0.1, 0.15) is 0 Å². The van der Waals surface area contributed by atoms with Crippen molar-refractivity contribution in [1.29, 1.82) is 0 Å². The fourth-order valence-corrected chi connectivity index (χ4v) is 5.94. The van der Waals surface area contributed by atoms with Gasteiger partial charge in [0.15, 0.2) is 9.84 Å². The molecule has 2 bridgehead atoms. The van der Waals surface area contributed by atoms with Gasteiger partial charge in [-0.15, -0.1) is 0 Å². The van der Waals surface area contributed by atoms with Crippen LogP contribution in [-0.2, 0) is 9.84 Å². The third-order valence-corrected chi connectivity index (χ3v) is 6.01. The van der Waals surface area contributed by atoms with Crippen molar-refractivity contribution in [2.24, 2.45) is 11.8 Å². The molecule has 0 N–H and O–H groups in total. The van der Waals surface area contributed by atoms with Gasteiger partial charge < -0.3 is 0 Å². The maximum Gasteiger partial charge on any atom is 0.159 e. The third-order valence-electron chi connectivity index (χ3n) is 3.45. The second-order valence-electron chi connectivity index (χ2n) is 3.85. The monoisotopic (exact) mass is 158 g/mol.